The van der Waals surface area contributed by atoms with E-state index in [9.17, 15) is 4.79 Å². The Labute approximate surface area is 72.4 Å². The van der Waals surface area contributed by atoms with Crippen LogP contribution in [-0.4, -0.2) is 5.91 Å². The number of hydrogen-bond donors (Lipinski definition) is 1. The standard InChI is InChI=1S/C10H13NO/c1-8(10(11)12)7-9-5-3-2-4-6-9/h2-6,8H,7H2,1H3,(H2,11,12)/t8-/m0/s1. The Hall–Kier alpha value is -1.31. The summed E-state index contributed by atoms with van der Waals surface area (Å²) >= 11 is 0. The number of benzene rings is 1. The minimum atomic E-state index is -0.237. The van der Waals surface area contributed by atoms with Gasteiger partial charge in [-0.15, -0.1) is 0 Å². The monoisotopic (exact) mass is 163 g/mol. The van der Waals surface area contributed by atoms with Crippen LogP contribution < -0.4 is 5.73 Å². The Morgan fingerprint density at radius 3 is 2.50 bits per heavy atom. The van der Waals surface area contributed by atoms with Crippen molar-refractivity contribution in [1.29, 1.82) is 0 Å². The van der Waals surface area contributed by atoms with Crippen LogP contribution in [0.4, 0.5) is 0 Å². The van der Waals surface area contributed by atoms with Gasteiger partial charge in [-0.3, -0.25) is 4.79 Å². The molecule has 0 aliphatic carbocycles. The molecule has 0 bridgehead atoms. The lowest BCUT2D eigenvalue weighted by atomic mass is 10.0. The topological polar surface area (TPSA) is 43.1 Å². The van der Waals surface area contributed by atoms with Crippen LogP contribution in [0.2, 0.25) is 0 Å². The summed E-state index contributed by atoms with van der Waals surface area (Å²) in [6.07, 6.45) is 0.732. The van der Waals surface area contributed by atoms with E-state index in [0.29, 0.717) is 0 Å². The van der Waals surface area contributed by atoms with Gasteiger partial charge in [0.05, 0.1) is 0 Å². The minimum Gasteiger partial charge on any atom is -0.369 e. The second-order valence-electron chi connectivity index (χ2n) is 2.99. The van der Waals surface area contributed by atoms with Gasteiger partial charge >= 0.3 is 0 Å². The van der Waals surface area contributed by atoms with Gasteiger partial charge in [0.2, 0.25) is 5.91 Å². The lowest BCUT2D eigenvalue weighted by Crippen LogP contribution is -2.22. The van der Waals surface area contributed by atoms with Gasteiger partial charge in [-0.25, -0.2) is 0 Å². The summed E-state index contributed by atoms with van der Waals surface area (Å²) in [7, 11) is 0. The molecule has 1 aromatic carbocycles. The molecule has 1 rings (SSSR count). The van der Waals surface area contributed by atoms with Gasteiger partial charge < -0.3 is 5.73 Å². The summed E-state index contributed by atoms with van der Waals surface area (Å²) in [6, 6.07) is 9.88. The first-order chi connectivity index (χ1) is 5.70. The van der Waals surface area contributed by atoms with E-state index in [0.717, 1.165) is 12.0 Å². The van der Waals surface area contributed by atoms with Crippen molar-refractivity contribution < 1.29 is 4.79 Å². The van der Waals surface area contributed by atoms with Gasteiger partial charge in [-0.05, 0) is 12.0 Å². The van der Waals surface area contributed by atoms with E-state index >= 15 is 0 Å². The van der Waals surface area contributed by atoms with Crippen LogP contribution in [0, 0.1) is 5.92 Å². The molecule has 0 aliphatic rings. The Kier molecular flexibility index (Phi) is 2.86. The molecule has 1 atom stereocenters. The first-order valence-electron chi connectivity index (χ1n) is 4.03. The Morgan fingerprint density at radius 2 is 2.00 bits per heavy atom. The lowest BCUT2D eigenvalue weighted by Gasteiger charge is -2.05. The molecule has 0 unspecified atom stereocenters. The van der Waals surface area contributed by atoms with Gasteiger partial charge in [-0.1, -0.05) is 37.3 Å². The zero-order valence-corrected chi connectivity index (χ0v) is 7.16. The van der Waals surface area contributed by atoms with Crippen LogP contribution in [0.25, 0.3) is 0 Å². The fourth-order valence-electron chi connectivity index (χ4n) is 1.07. The highest BCUT2D eigenvalue weighted by Gasteiger charge is 2.08. The van der Waals surface area contributed by atoms with Crippen molar-refractivity contribution in [3.05, 3.63) is 35.9 Å². The number of rotatable bonds is 3. The molecule has 2 N–H and O–H groups in total. The van der Waals surface area contributed by atoms with Crippen LogP contribution >= 0.6 is 0 Å². The molecule has 12 heavy (non-hydrogen) atoms. The molecule has 1 amide bonds. The lowest BCUT2D eigenvalue weighted by molar-refractivity contribution is -0.121. The van der Waals surface area contributed by atoms with E-state index in [2.05, 4.69) is 0 Å². The molecule has 0 saturated carbocycles. The molecule has 2 nitrogen and oxygen atoms in total. The highest BCUT2D eigenvalue weighted by atomic mass is 16.1. The molecule has 1 aromatic rings. The number of hydrogen-bond acceptors (Lipinski definition) is 1. The summed E-state index contributed by atoms with van der Waals surface area (Å²) in [5.41, 5.74) is 6.30. The van der Waals surface area contributed by atoms with E-state index in [-0.39, 0.29) is 11.8 Å². The molecule has 0 heterocycles. The van der Waals surface area contributed by atoms with Crippen LogP contribution in [0.3, 0.4) is 0 Å². The highest BCUT2D eigenvalue weighted by molar-refractivity contribution is 5.76. The molecule has 2 heteroatoms. The summed E-state index contributed by atoms with van der Waals surface area (Å²) in [4.78, 5) is 10.7. The van der Waals surface area contributed by atoms with E-state index in [4.69, 9.17) is 5.73 Å². The normalized spacial score (nSPS) is 12.4. The third-order valence-electron chi connectivity index (χ3n) is 1.87. The molecule has 0 radical (unpaired) electrons. The van der Waals surface area contributed by atoms with E-state index in [1.54, 1.807) is 0 Å². The molecule has 64 valence electrons. The van der Waals surface area contributed by atoms with E-state index in [1.807, 2.05) is 37.3 Å². The van der Waals surface area contributed by atoms with Crippen molar-refractivity contribution in [2.75, 3.05) is 0 Å². The SMILES string of the molecule is C[C@@H](Cc1ccccc1)C(N)=O. The maximum absolute atomic E-state index is 10.7. The van der Waals surface area contributed by atoms with Gasteiger partial charge in [-0.2, -0.15) is 0 Å². The number of carbonyl (C=O) groups excluding carboxylic acids is 1. The third kappa shape index (κ3) is 2.38. The van der Waals surface area contributed by atoms with Crippen molar-refractivity contribution >= 4 is 5.91 Å². The fraction of sp³-hybridized carbons (Fsp3) is 0.300. The number of amides is 1. The molecule has 0 fully saturated rings. The van der Waals surface area contributed by atoms with Crippen LogP contribution in [0.15, 0.2) is 30.3 Å². The van der Waals surface area contributed by atoms with E-state index < -0.39 is 0 Å². The van der Waals surface area contributed by atoms with Gasteiger partial charge in [0.1, 0.15) is 0 Å². The minimum absolute atomic E-state index is 0.0765. The molecule has 0 saturated heterocycles. The quantitative estimate of drug-likeness (QED) is 0.718. The molecule has 0 spiro atoms. The van der Waals surface area contributed by atoms with Gasteiger partial charge in [0, 0.05) is 5.92 Å². The summed E-state index contributed by atoms with van der Waals surface area (Å²) in [5.74, 6) is -0.314. The second-order valence-corrected chi connectivity index (χ2v) is 2.99. The maximum atomic E-state index is 10.7. The molecular formula is C10H13NO. The van der Waals surface area contributed by atoms with Crippen molar-refractivity contribution in [3.8, 4) is 0 Å². The van der Waals surface area contributed by atoms with Crippen molar-refractivity contribution in [1.82, 2.24) is 0 Å². The first-order valence-corrected chi connectivity index (χ1v) is 4.03. The van der Waals surface area contributed by atoms with Crippen LogP contribution in [0.1, 0.15) is 12.5 Å². The summed E-state index contributed by atoms with van der Waals surface area (Å²) < 4.78 is 0. The third-order valence-corrected chi connectivity index (χ3v) is 1.87. The average Bonchev–Trinajstić information content (AvgIpc) is 2.06. The van der Waals surface area contributed by atoms with Crippen molar-refractivity contribution in [3.63, 3.8) is 0 Å². The molecule has 0 aliphatic heterocycles. The number of primary amides is 1. The second kappa shape index (κ2) is 3.90. The smallest absolute Gasteiger partial charge is 0.220 e. The maximum Gasteiger partial charge on any atom is 0.220 e. The van der Waals surface area contributed by atoms with Crippen LogP contribution in [-0.2, 0) is 11.2 Å². The summed E-state index contributed by atoms with van der Waals surface area (Å²) in [6.45, 7) is 1.84. The Bertz CT molecular complexity index is 256. The summed E-state index contributed by atoms with van der Waals surface area (Å²) in [5, 5.41) is 0. The fourth-order valence-corrected chi connectivity index (χ4v) is 1.07. The predicted molar refractivity (Wildman–Crippen MR) is 48.5 cm³/mol. The number of carbonyl (C=O) groups is 1. The van der Waals surface area contributed by atoms with E-state index in [1.165, 1.54) is 0 Å². The zero-order chi connectivity index (χ0) is 8.97. The first kappa shape index (κ1) is 8.78. The Morgan fingerprint density at radius 1 is 1.42 bits per heavy atom. The van der Waals surface area contributed by atoms with Crippen molar-refractivity contribution in [2.24, 2.45) is 11.7 Å². The Balaban J connectivity index is 2.58. The van der Waals surface area contributed by atoms with Crippen molar-refractivity contribution in [2.45, 2.75) is 13.3 Å². The van der Waals surface area contributed by atoms with Gasteiger partial charge in [0.25, 0.3) is 0 Å². The molecular weight excluding hydrogens is 150 g/mol. The zero-order valence-electron chi connectivity index (χ0n) is 7.16. The van der Waals surface area contributed by atoms with Gasteiger partial charge in [0.15, 0.2) is 0 Å². The average molecular weight is 163 g/mol. The highest BCUT2D eigenvalue weighted by Crippen LogP contribution is 2.06. The van der Waals surface area contributed by atoms with Crippen LogP contribution in [0.5, 0.6) is 0 Å². The predicted octanol–water partition coefficient (Wildman–Crippen LogP) is 1.35. The number of nitrogens with two attached hydrogens (primary N) is 1. The largest absolute Gasteiger partial charge is 0.369 e. The molecule has 0 aromatic heterocycles.